The van der Waals surface area contributed by atoms with E-state index in [1.165, 1.54) is 16.9 Å². The first-order valence-corrected chi connectivity index (χ1v) is 19.6. The van der Waals surface area contributed by atoms with Crippen molar-refractivity contribution in [1.82, 2.24) is 14.5 Å². The molecule has 2 bridgehead atoms. The lowest BCUT2D eigenvalue weighted by Gasteiger charge is -2.47. The van der Waals surface area contributed by atoms with Crippen molar-refractivity contribution in [2.75, 3.05) is 19.6 Å². The molecule has 4 aliphatic rings. The van der Waals surface area contributed by atoms with Crippen LogP contribution in [0.4, 0.5) is 0 Å². The van der Waals surface area contributed by atoms with E-state index in [1.807, 2.05) is 53.1 Å². The number of ketones is 1. The average molecular weight is 704 g/mol. The highest BCUT2D eigenvalue weighted by Crippen LogP contribution is 2.59. The number of aliphatic hydroxyl groups is 2. The van der Waals surface area contributed by atoms with E-state index in [4.69, 9.17) is 0 Å². The molecule has 3 aromatic carbocycles. The summed E-state index contributed by atoms with van der Waals surface area (Å²) in [4.78, 5) is 33.6. The first-order chi connectivity index (χ1) is 24.6. The second-order valence-electron chi connectivity index (χ2n) is 15.7. The third-order valence-corrected chi connectivity index (χ3v) is 13.7. The first kappa shape index (κ1) is 34.3. The number of likely N-dealkylation sites (tertiary alicyclic amines) is 1. The Hall–Kier alpha value is -3.82. The topological polar surface area (TPSA) is 98.6 Å². The van der Waals surface area contributed by atoms with Crippen molar-refractivity contribution >= 4 is 38.2 Å². The molecule has 0 radical (unpaired) electrons. The Labute approximate surface area is 303 Å². The number of nitrogens with zero attached hydrogens (tertiary/aromatic N) is 2. The van der Waals surface area contributed by atoms with Gasteiger partial charge in [-0.05, 0) is 117 Å². The molecular weight excluding hydrogens is 655 g/mol. The molecule has 8 heteroatoms. The highest BCUT2D eigenvalue weighted by atomic mass is 32.1. The number of aromatic amines is 1. The molecule has 3 aliphatic carbocycles. The molecule has 4 atom stereocenters. The summed E-state index contributed by atoms with van der Waals surface area (Å²) < 4.78 is 3.02. The number of hydrogen-bond acceptors (Lipinski definition) is 6. The van der Waals surface area contributed by atoms with Gasteiger partial charge in [0.15, 0.2) is 0 Å². The quantitative estimate of drug-likeness (QED) is 0.127. The minimum Gasteiger partial charge on any atom is -0.393 e. The number of aromatic nitrogens is 2. The second-order valence-corrected chi connectivity index (χ2v) is 16.8. The summed E-state index contributed by atoms with van der Waals surface area (Å²) in [7, 11) is 0. The van der Waals surface area contributed by atoms with Crippen molar-refractivity contribution < 1.29 is 15.0 Å². The number of hydrogen-bond donors (Lipinski definition) is 3. The van der Waals surface area contributed by atoms with E-state index in [0.717, 1.165) is 88.7 Å². The van der Waals surface area contributed by atoms with Gasteiger partial charge in [-0.15, -0.1) is 11.3 Å². The third-order valence-electron chi connectivity index (χ3n) is 12.6. The molecule has 5 aromatic rings. The number of carbonyl (C=O) groups excluding carboxylic acids is 1. The standard InChI is InChI=1S/C43H49N3O4S/c1-28-8-7-20-42(2)35(17-21-43(42,50)27-45-22-18-31(19-23-45)46-37-11-5-4-10-36(37)44-41(46)49)33-16-14-29(24-32(47)15-13-28)25-34(33)40(48)39-26-30-9-3-6-12-38(30)51-39/h3-6,8-12,14,16,25-26,31-32,35,47,50H,7,13,15,17-24,27H2,1-2H3,(H,44,49)/t32-,35-,42-,43+/m0/s1. The Kier molecular flexibility index (Phi) is 9.16. The van der Waals surface area contributed by atoms with Crippen LogP contribution in [0.5, 0.6) is 0 Å². The fourth-order valence-corrected chi connectivity index (χ4v) is 10.6. The summed E-state index contributed by atoms with van der Waals surface area (Å²) in [6.07, 6.45) is 8.62. The zero-order chi connectivity index (χ0) is 35.3. The van der Waals surface area contributed by atoms with Crippen LogP contribution in [0.2, 0.25) is 0 Å². The van der Waals surface area contributed by atoms with Gasteiger partial charge in [0.1, 0.15) is 0 Å². The third kappa shape index (κ3) is 6.35. The number of piperidine rings is 1. The summed E-state index contributed by atoms with van der Waals surface area (Å²) in [5, 5.41) is 25.0. The molecule has 266 valence electrons. The predicted molar refractivity (Wildman–Crippen MR) is 206 cm³/mol. The maximum Gasteiger partial charge on any atom is 0.326 e. The predicted octanol–water partition coefficient (Wildman–Crippen LogP) is 8.15. The van der Waals surface area contributed by atoms with Crippen molar-refractivity contribution in [3.63, 3.8) is 0 Å². The van der Waals surface area contributed by atoms with Crippen LogP contribution in [0.3, 0.4) is 0 Å². The number of para-hydroxylation sites is 2. The Morgan fingerprint density at radius 1 is 0.980 bits per heavy atom. The van der Waals surface area contributed by atoms with Gasteiger partial charge in [0.2, 0.25) is 5.78 Å². The number of imidazole rings is 1. The molecule has 1 saturated heterocycles. The number of benzene rings is 3. The Balaban J connectivity index is 1.11. The van der Waals surface area contributed by atoms with Gasteiger partial charge in [-0.2, -0.15) is 0 Å². The van der Waals surface area contributed by atoms with Crippen LogP contribution >= 0.6 is 11.3 Å². The van der Waals surface area contributed by atoms with E-state index in [1.54, 1.807) is 0 Å². The lowest BCUT2D eigenvalue weighted by molar-refractivity contribution is -0.0870. The van der Waals surface area contributed by atoms with Gasteiger partial charge in [0.05, 0.1) is 27.6 Å². The fraction of sp³-hybridized carbons (Fsp3) is 0.442. The normalized spacial score (nSPS) is 26.7. The van der Waals surface area contributed by atoms with E-state index >= 15 is 0 Å². The highest BCUT2D eigenvalue weighted by Gasteiger charge is 2.57. The Bertz CT molecular complexity index is 2140. The monoisotopic (exact) mass is 703 g/mol. The molecule has 2 aromatic heterocycles. The number of fused-ring (bicyclic) bond motifs is 10. The molecule has 51 heavy (non-hydrogen) atoms. The molecule has 1 aliphatic heterocycles. The molecule has 2 fully saturated rings. The van der Waals surface area contributed by atoms with Gasteiger partial charge in [0, 0.05) is 41.4 Å². The second kappa shape index (κ2) is 13.6. The zero-order valence-electron chi connectivity index (χ0n) is 29.7. The molecule has 1 saturated carbocycles. The van der Waals surface area contributed by atoms with E-state index in [9.17, 15) is 19.8 Å². The number of thiophene rings is 1. The van der Waals surface area contributed by atoms with Gasteiger partial charge < -0.3 is 20.1 Å². The van der Waals surface area contributed by atoms with Crippen LogP contribution in [0.1, 0.15) is 104 Å². The van der Waals surface area contributed by atoms with Crippen LogP contribution in [0.25, 0.3) is 21.1 Å². The molecular formula is C43H49N3O4S. The highest BCUT2D eigenvalue weighted by molar-refractivity contribution is 7.21. The van der Waals surface area contributed by atoms with Crippen LogP contribution in [-0.2, 0) is 6.42 Å². The van der Waals surface area contributed by atoms with Crippen LogP contribution < -0.4 is 5.69 Å². The van der Waals surface area contributed by atoms with Crippen LogP contribution in [-0.4, -0.2) is 61.8 Å². The summed E-state index contributed by atoms with van der Waals surface area (Å²) >= 11 is 1.54. The van der Waals surface area contributed by atoms with Crippen molar-refractivity contribution in [3.8, 4) is 0 Å². The van der Waals surface area contributed by atoms with Crippen molar-refractivity contribution in [3.05, 3.63) is 116 Å². The molecule has 0 spiro atoms. The minimum absolute atomic E-state index is 0.00575. The van der Waals surface area contributed by atoms with Gasteiger partial charge in [-0.25, -0.2) is 4.79 Å². The van der Waals surface area contributed by atoms with E-state index in [2.05, 4.69) is 54.1 Å². The Morgan fingerprint density at radius 3 is 2.59 bits per heavy atom. The van der Waals surface area contributed by atoms with Crippen LogP contribution in [0, 0.1) is 5.41 Å². The summed E-state index contributed by atoms with van der Waals surface area (Å²) in [5.41, 5.74) is 4.32. The summed E-state index contributed by atoms with van der Waals surface area (Å²) in [6.45, 7) is 6.61. The zero-order valence-corrected chi connectivity index (χ0v) is 30.6. The molecule has 3 heterocycles. The lowest BCUT2D eigenvalue weighted by atomic mass is 9.64. The number of β-amino-alcohol motifs (C(OH)–C–C–N with tert-alkyl or cyclic N) is 1. The van der Waals surface area contributed by atoms with Gasteiger partial charge >= 0.3 is 5.69 Å². The number of carbonyl (C=O) groups is 1. The minimum atomic E-state index is -0.951. The lowest BCUT2D eigenvalue weighted by Crippen LogP contribution is -2.54. The average Bonchev–Trinajstić information content (AvgIpc) is 3.78. The van der Waals surface area contributed by atoms with Gasteiger partial charge in [-0.1, -0.05) is 61.0 Å². The van der Waals surface area contributed by atoms with E-state index in [0.29, 0.717) is 31.4 Å². The maximum absolute atomic E-state index is 14.5. The maximum atomic E-state index is 14.5. The number of nitrogens with one attached hydrogen (secondary N) is 1. The SMILES string of the molecule is CC1=CCC[C@@]2(C)[C@@H](CC[C@@]2(O)CN2CCC(n3c(=O)[nH]c4ccccc43)CC2)c2ccc(cc2C(=O)c2cc3ccccc3s2)C[C@@H](O)CC1. The van der Waals surface area contributed by atoms with Crippen molar-refractivity contribution in [2.24, 2.45) is 5.41 Å². The molecule has 9 rings (SSSR count). The largest absolute Gasteiger partial charge is 0.393 e. The number of H-pyrrole nitrogens is 1. The molecule has 0 unspecified atom stereocenters. The first-order valence-electron chi connectivity index (χ1n) is 18.8. The molecule has 7 nitrogen and oxygen atoms in total. The summed E-state index contributed by atoms with van der Waals surface area (Å²) in [6, 6.07) is 24.4. The number of allylic oxidation sites excluding steroid dienone is 2. The van der Waals surface area contributed by atoms with Gasteiger partial charge in [-0.3, -0.25) is 9.36 Å². The van der Waals surface area contributed by atoms with Crippen LogP contribution in [0.15, 0.2) is 89.2 Å². The smallest absolute Gasteiger partial charge is 0.326 e. The van der Waals surface area contributed by atoms with Crippen molar-refractivity contribution in [1.29, 1.82) is 0 Å². The Morgan fingerprint density at radius 2 is 1.76 bits per heavy atom. The molecule has 3 N–H and O–H groups in total. The molecule has 0 amide bonds. The van der Waals surface area contributed by atoms with Crippen molar-refractivity contribution in [2.45, 2.75) is 95.3 Å². The van der Waals surface area contributed by atoms with Gasteiger partial charge in [0.25, 0.3) is 0 Å². The van der Waals surface area contributed by atoms with E-state index in [-0.39, 0.29) is 23.4 Å². The number of aliphatic hydroxyl groups excluding tert-OH is 1. The summed E-state index contributed by atoms with van der Waals surface area (Å²) in [5.74, 6) is 0.0199. The number of rotatable bonds is 5. The fourth-order valence-electron chi connectivity index (χ4n) is 9.57. The van der Waals surface area contributed by atoms with E-state index < -0.39 is 17.1 Å².